The lowest BCUT2D eigenvalue weighted by atomic mass is 10.1. The molecule has 1 N–H and O–H groups in total. The average Bonchev–Trinajstić information content (AvgIpc) is 2.53. The van der Waals surface area contributed by atoms with E-state index in [-0.39, 0.29) is 29.5 Å². The van der Waals surface area contributed by atoms with Gasteiger partial charge in [-0.25, -0.2) is 14.4 Å². The van der Waals surface area contributed by atoms with Gasteiger partial charge in [0.15, 0.2) is 5.78 Å². The van der Waals surface area contributed by atoms with Gasteiger partial charge in [-0.3, -0.25) is 9.59 Å². The second-order valence-electron chi connectivity index (χ2n) is 4.81. The van der Waals surface area contributed by atoms with Gasteiger partial charge >= 0.3 is 0 Å². The summed E-state index contributed by atoms with van der Waals surface area (Å²) in [6.45, 7) is 3.49. The van der Waals surface area contributed by atoms with Gasteiger partial charge in [-0.1, -0.05) is 19.1 Å². The van der Waals surface area contributed by atoms with E-state index < -0.39 is 5.91 Å². The van der Waals surface area contributed by atoms with E-state index in [2.05, 4.69) is 15.3 Å². The summed E-state index contributed by atoms with van der Waals surface area (Å²) in [5.41, 5.74) is 1.72. The standard InChI is InChI=1S/C16H16FN3O2/c1-3-12-6-11(4-5-13(12)17)8-18-16(22)15-7-14(10(2)21)19-9-20-15/h4-7,9H,3,8H2,1-2H3,(H,18,22). The molecule has 0 aliphatic carbocycles. The number of hydrogen-bond donors (Lipinski definition) is 1. The van der Waals surface area contributed by atoms with E-state index >= 15 is 0 Å². The van der Waals surface area contributed by atoms with E-state index in [0.717, 1.165) is 5.56 Å². The minimum Gasteiger partial charge on any atom is -0.347 e. The molecule has 0 fully saturated rings. The number of nitrogens with zero attached hydrogens (tertiary/aromatic N) is 2. The van der Waals surface area contributed by atoms with Gasteiger partial charge < -0.3 is 5.32 Å². The second-order valence-corrected chi connectivity index (χ2v) is 4.81. The minimum absolute atomic E-state index is 0.123. The first-order valence-electron chi connectivity index (χ1n) is 6.89. The number of aryl methyl sites for hydroxylation is 1. The third-order valence-electron chi connectivity index (χ3n) is 3.20. The number of benzene rings is 1. The van der Waals surface area contributed by atoms with Crippen molar-refractivity contribution in [2.75, 3.05) is 0 Å². The molecule has 0 unspecified atom stereocenters. The van der Waals surface area contributed by atoms with Crippen LogP contribution in [0, 0.1) is 5.82 Å². The Bertz CT molecular complexity index is 716. The summed E-state index contributed by atoms with van der Waals surface area (Å²) in [6.07, 6.45) is 1.76. The van der Waals surface area contributed by atoms with Gasteiger partial charge in [0.1, 0.15) is 23.5 Å². The molecule has 2 rings (SSSR count). The van der Waals surface area contributed by atoms with Gasteiger partial charge in [-0.2, -0.15) is 0 Å². The van der Waals surface area contributed by atoms with E-state index in [1.54, 1.807) is 12.1 Å². The second kappa shape index (κ2) is 6.89. The fourth-order valence-corrected chi connectivity index (χ4v) is 1.96. The van der Waals surface area contributed by atoms with Crippen LogP contribution >= 0.6 is 0 Å². The van der Waals surface area contributed by atoms with Crippen molar-refractivity contribution < 1.29 is 14.0 Å². The van der Waals surface area contributed by atoms with E-state index in [0.29, 0.717) is 12.0 Å². The molecule has 5 nitrogen and oxygen atoms in total. The maximum atomic E-state index is 13.4. The zero-order chi connectivity index (χ0) is 16.1. The molecule has 0 aliphatic rings. The number of amides is 1. The number of hydrogen-bond acceptors (Lipinski definition) is 4. The van der Waals surface area contributed by atoms with Crippen LogP contribution in [0.25, 0.3) is 0 Å². The van der Waals surface area contributed by atoms with Gasteiger partial charge in [-0.05, 0) is 29.7 Å². The molecule has 0 spiro atoms. The summed E-state index contributed by atoms with van der Waals surface area (Å²) in [5, 5.41) is 2.69. The molecule has 114 valence electrons. The Morgan fingerprint density at radius 3 is 2.59 bits per heavy atom. The topological polar surface area (TPSA) is 72.0 Å². The van der Waals surface area contributed by atoms with Gasteiger partial charge in [0.2, 0.25) is 0 Å². The lowest BCUT2D eigenvalue weighted by Gasteiger charge is -2.07. The zero-order valence-corrected chi connectivity index (χ0v) is 12.4. The Kier molecular flexibility index (Phi) is 4.93. The summed E-state index contributed by atoms with van der Waals surface area (Å²) in [4.78, 5) is 30.9. The molecule has 0 radical (unpaired) electrons. The maximum Gasteiger partial charge on any atom is 0.270 e. The van der Waals surface area contributed by atoms with Crippen molar-refractivity contribution in [1.82, 2.24) is 15.3 Å². The zero-order valence-electron chi connectivity index (χ0n) is 12.4. The van der Waals surface area contributed by atoms with Crippen LogP contribution in [0.5, 0.6) is 0 Å². The average molecular weight is 301 g/mol. The van der Waals surface area contributed by atoms with Crippen molar-refractivity contribution in [3.8, 4) is 0 Å². The van der Waals surface area contributed by atoms with E-state index in [1.165, 1.54) is 25.4 Å². The highest BCUT2D eigenvalue weighted by atomic mass is 19.1. The molecule has 1 amide bonds. The van der Waals surface area contributed by atoms with E-state index in [9.17, 15) is 14.0 Å². The highest BCUT2D eigenvalue weighted by molar-refractivity contribution is 5.97. The summed E-state index contributed by atoms with van der Waals surface area (Å²) >= 11 is 0. The maximum absolute atomic E-state index is 13.4. The number of carbonyl (C=O) groups is 2. The van der Waals surface area contributed by atoms with Crippen LogP contribution in [0.1, 0.15) is 46.0 Å². The van der Waals surface area contributed by atoms with Crippen LogP contribution in [0.15, 0.2) is 30.6 Å². The first kappa shape index (κ1) is 15.8. The Balaban J connectivity index is 2.07. The first-order chi connectivity index (χ1) is 10.5. The molecule has 0 atom stereocenters. The third-order valence-corrected chi connectivity index (χ3v) is 3.20. The van der Waals surface area contributed by atoms with E-state index in [4.69, 9.17) is 0 Å². The number of carbonyl (C=O) groups excluding carboxylic acids is 2. The van der Waals surface area contributed by atoms with Crippen molar-refractivity contribution in [3.05, 3.63) is 58.9 Å². The molecule has 0 bridgehead atoms. The number of rotatable bonds is 5. The molecule has 1 aromatic heterocycles. The van der Waals surface area contributed by atoms with Gasteiger partial charge in [0.05, 0.1) is 0 Å². The fraction of sp³-hybridized carbons (Fsp3) is 0.250. The normalized spacial score (nSPS) is 10.3. The van der Waals surface area contributed by atoms with Crippen molar-refractivity contribution in [1.29, 1.82) is 0 Å². The van der Waals surface area contributed by atoms with Crippen LogP contribution in [0.2, 0.25) is 0 Å². The highest BCUT2D eigenvalue weighted by Crippen LogP contribution is 2.11. The lowest BCUT2D eigenvalue weighted by molar-refractivity contribution is 0.0945. The van der Waals surface area contributed by atoms with Crippen molar-refractivity contribution in [2.24, 2.45) is 0 Å². The quantitative estimate of drug-likeness (QED) is 0.860. The van der Waals surface area contributed by atoms with Crippen molar-refractivity contribution >= 4 is 11.7 Å². The number of halogens is 1. The number of nitrogens with one attached hydrogen (secondary N) is 1. The summed E-state index contributed by atoms with van der Waals surface area (Å²) < 4.78 is 13.4. The van der Waals surface area contributed by atoms with Crippen LogP contribution in [-0.4, -0.2) is 21.7 Å². The molecule has 1 heterocycles. The largest absolute Gasteiger partial charge is 0.347 e. The van der Waals surface area contributed by atoms with Gasteiger partial charge in [0.25, 0.3) is 5.91 Å². The molecule has 22 heavy (non-hydrogen) atoms. The van der Waals surface area contributed by atoms with Crippen LogP contribution in [-0.2, 0) is 13.0 Å². The SMILES string of the molecule is CCc1cc(CNC(=O)c2cc(C(C)=O)ncn2)ccc1F. The number of aromatic nitrogens is 2. The molecular formula is C16H16FN3O2. The minimum atomic E-state index is -0.410. The predicted molar refractivity (Wildman–Crippen MR) is 79.0 cm³/mol. The van der Waals surface area contributed by atoms with Crippen LogP contribution < -0.4 is 5.32 Å². The Hall–Kier alpha value is -2.63. The van der Waals surface area contributed by atoms with Crippen LogP contribution in [0.3, 0.4) is 0 Å². The molecule has 6 heteroatoms. The smallest absolute Gasteiger partial charge is 0.270 e. The monoisotopic (exact) mass is 301 g/mol. The predicted octanol–water partition coefficient (Wildman–Crippen LogP) is 2.31. The molecule has 0 aliphatic heterocycles. The Morgan fingerprint density at radius 2 is 1.91 bits per heavy atom. The summed E-state index contributed by atoms with van der Waals surface area (Å²) in [6, 6.07) is 6.07. The molecule has 2 aromatic rings. The summed E-state index contributed by atoms with van der Waals surface area (Å²) in [5.74, 6) is -0.894. The number of ketones is 1. The van der Waals surface area contributed by atoms with Crippen molar-refractivity contribution in [3.63, 3.8) is 0 Å². The van der Waals surface area contributed by atoms with E-state index in [1.807, 2.05) is 6.92 Å². The number of Topliss-reactive ketones (excluding diaryl/α,β-unsaturated/α-hetero) is 1. The molecular weight excluding hydrogens is 285 g/mol. The molecule has 0 saturated carbocycles. The fourth-order valence-electron chi connectivity index (χ4n) is 1.96. The molecule has 0 saturated heterocycles. The highest BCUT2D eigenvalue weighted by Gasteiger charge is 2.11. The third kappa shape index (κ3) is 3.72. The Labute approximate surface area is 127 Å². The Morgan fingerprint density at radius 1 is 1.18 bits per heavy atom. The van der Waals surface area contributed by atoms with Gasteiger partial charge in [-0.15, -0.1) is 0 Å². The van der Waals surface area contributed by atoms with Crippen LogP contribution in [0.4, 0.5) is 4.39 Å². The molecule has 1 aromatic carbocycles. The lowest BCUT2D eigenvalue weighted by Crippen LogP contribution is -2.24. The van der Waals surface area contributed by atoms with Gasteiger partial charge in [0, 0.05) is 13.5 Å². The first-order valence-corrected chi connectivity index (χ1v) is 6.89. The van der Waals surface area contributed by atoms with Crippen molar-refractivity contribution in [2.45, 2.75) is 26.8 Å². The summed E-state index contributed by atoms with van der Waals surface area (Å²) in [7, 11) is 0.